The van der Waals surface area contributed by atoms with Crippen molar-refractivity contribution in [1.29, 1.82) is 0 Å². The van der Waals surface area contributed by atoms with Gasteiger partial charge in [0.25, 0.3) is 5.88 Å². The van der Waals surface area contributed by atoms with E-state index in [0.29, 0.717) is 25.6 Å². The van der Waals surface area contributed by atoms with Crippen molar-refractivity contribution in [2.75, 3.05) is 26.9 Å². The number of ether oxygens (including phenoxy) is 4. The summed E-state index contributed by atoms with van der Waals surface area (Å²) in [6.07, 6.45) is 12.6. The second kappa shape index (κ2) is 18.2. The van der Waals surface area contributed by atoms with E-state index < -0.39 is 12.1 Å². The molecular formula is C24H40N2O6. The summed E-state index contributed by atoms with van der Waals surface area (Å²) >= 11 is 0. The summed E-state index contributed by atoms with van der Waals surface area (Å²) in [4.78, 5) is 27.6. The number of hydrogen-bond donors (Lipinski definition) is 1. The molecule has 32 heavy (non-hydrogen) atoms. The van der Waals surface area contributed by atoms with Crippen LogP contribution in [0.4, 0.5) is 4.79 Å². The van der Waals surface area contributed by atoms with Crippen molar-refractivity contribution < 1.29 is 28.5 Å². The van der Waals surface area contributed by atoms with Crippen LogP contribution in [-0.2, 0) is 20.9 Å². The zero-order valence-corrected chi connectivity index (χ0v) is 20.0. The Bertz CT molecular complexity index is 653. The summed E-state index contributed by atoms with van der Waals surface area (Å²) in [5.74, 6) is -0.172. The highest BCUT2D eigenvalue weighted by Crippen LogP contribution is 2.25. The average molecular weight is 453 g/mol. The zero-order chi connectivity index (χ0) is 23.4. The first-order valence-corrected chi connectivity index (χ1v) is 11.8. The van der Waals surface area contributed by atoms with E-state index in [0.717, 1.165) is 24.8 Å². The van der Waals surface area contributed by atoms with Crippen molar-refractivity contribution in [3.63, 3.8) is 0 Å². The summed E-state index contributed by atoms with van der Waals surface area (Å²) in [5.41, 5.74) is 0.827. The smallest absolute Gasteiger partial charge is 0.414 e. The van der Waals surface area contributed by atoms with Gasteiger partial charge in [0.1, 0.15) is 6.54 Å². The third-order valence-electron chi connectivity index (χ3n) is 4.83. The molecule has 0 radical (unpaired) electrons. The number of carbonyl (C=O) groups is 2. The molecule has 1 aromatic rings. The fourth-order valence-corrected chi connectivity index (χ4v) is 2.95. The molecule has 1 rings (SSSR count). The van der Waals surface area contributed by atoms with Gasteiger partial charge < -0.3 is 24.3 Å². The maximum absolute atomic E-state index is 11.9. The van der Waals surface area contributed by atoms with Gasteiger partial charge in [-0.1, -0.05) is 65.2 Å². The van der Waals surface area contributed by atoms with Crippen molar-refractivity contribution in [1.82, 2.24) is 10.3 Å². The van der Waals surface area contributed by atoms with Crippen LogP contribution in [-0.4, -0.2) is 43.9 Å². The van der Waals surface area contributed by atoms with Crippen molar-refractivity contribution in [2.24, 2.45) is 0 Å². The Morgan fingerprint density at radius 2 is 1.62 bits per heavy atom. The molecule has 1 N–H and O–H groups in total. The maximum Gasteiger partial charge on any atom is 0.414 e. The Hall–Kier alpha value is -2.35. The van der Waals surface area contributed by atoms with Crippen LogP contribution in [0, 0.1) is 0 Å². The van der Waals surface area contributed by atoms with Crippen LogP contribution < -0.4 is 14.8 Å². The molecule has 8 heteroatoms. The first-order valence-electron chi connectivity index (χ1n) is 11.8. The average Bonchev–Trinajstić information content (AvgIpc) is 2.80. The number of unbranched alkanes of at least 4 members (excludes halogenated alkanes) is 8. The van der Waals surface area contributed by atoms with Gasteiger partial charge in [-0.2, -0.15) is 0 Å². The minimum Gasteiger partial charge on any atom is -0.491 e. The molecule has 0 fully saturated rings. The second-order valence-corrected chi connectivity index (χ2v) is 7.70. The molecule has 1 amide bonds. The number of aromatic nitrogens is 1. The van der Waals surface area contributed by atoms with Crippen LogP contribution in [0.5, 0.6) is 11.6 Å². The van der Waals surface area contributed by atoms with Crippen LogP contribution in [0.3, 0.4) is 0 Å². The summed E-state index contributed by atoms with van der Waals surface area (Å²) in [6.45, 7) is 5.41. The highest BCUT2D eigenvalue weighted by Gasteiger charge is 2.14. The molecule has 182 valence electrons. The molecule has 0 aromatic carbocycles. The second-order valence-electron chi connectivity index (χ2n) is 7.70. The number of esters is 1. The Kier molecular flexibility index (Phi) is 15.8. The van der Waals surface area contributed by atoms with E-state index in [1.165, 1.54) is 52.1 Å². The topological polar surface area (TPSA) is 96.0 Å². The Labute approximate surface area is 192 Å². The fraction of sp³-hybridized carbons (Fsp3) is 0.708. The minimum absolute atomic E-state index is 0.0242. The van der Waals surface area contributed by atoms with E-state index in [2.05, 4.69) is 17.2 Å². The Morgan fingerprint density at radius 3 is 2.31 bits per heavy atom. The van der Waals surface area contributed by atoms with Gasteiger partial charge in [-0.25, -0.2) is 9.78 Å². The largest absolute Gasteiger partial charge is 0.491 e. The molecule has 0 spiro atoms. The van der Waals surface area contributed by atoms with Crippen LogP contribution in [0.15, 0.2) is 12.3 Å². The first-order chi connectivity index (χ1) is 15.6. The normalized spacial score (nSPS) is 10.6. The molecule has 0 bridgehead atoms. The number of nitrogens with one attached hydrogen (secondary N) is 1. The van der Waals surface area contributed by atoms with Gasteiger partial charge >= 0.3 is 12.1 Å². The number of rotatable bonds is 18. The van der Waals surface area contributed by atoms with E-state index in [-0.39, 0.29) is 12.4 Å². The van der Waals surface area contributed by atoms with E-state index in [4.69, 9.17) is 18.9 Å². The number of nitrogens with zero attached hydrogens (tertiary/aromatic N) is 1. The standard InChI is InChI=1S/C24H40N2O6/c1-4-6-8-9-10-11-12-13-14-30-19-20-16-21(29-3)23(25-17-20)32-24(28)26-18-22(27)31-15-7-5-2/h16-17H,4-15,18-19H2,1-3H3,(H,26,28). The predicted octanol–water partition coefficient (Wildman–Crippen LogP) is 5.18. The maximum atomic E-state index is 11.9. The van der Waals surface area contributed by atoms with Crippen LogP contribution >= 0.6 is 0 Å². The van der Waals surface area contributed by atoms with Gasteiger partial charge in [-0.05, 0) is 24.5 Å². The molecule has 1 heterocycles. The fourth-order valence-electron chi connectivity index (χ4n) is 2.95. The zero-order valence-electron chi connectivity index (χ0n) is 20.0. The van der Waals surface area contributed by atoms with Gasteiger partial charge in [0, 0.05) is 12.8 Å². The molecule has 0 saturated carbocycles. The SMILES string of the molecule is CCCCCCCCCCOCc1cnc(OC(=O)NCC(=O)OCCCC)c(OC)c1. The van der Waals surface area contributed by atoms with Crippen molar-refractivity contribution >= 4 is 12.1 Å². The number of hydrogen-bond acceptors (Lipinski definition) is 7. The first kappa shape index (κ1) is 27.7. The van der Waals surface area contributed by atoms with Crippen molar-refractivity contribution in [3.8, 4) is 11.6 Å². The van der Waals surface area contributed by atoms with E-state index in [1.54, 1.807) is 12.3 Å². The molecule has 1 aromatic heterocycles. The lowest BCUT2D eigenvalue weighted by Gasteiger charge is -2.11. The Morgan fingerprint density at radius 1 is 0.938 bits per heavy atom. The third kappa shape index (κ3) is 13.1. The Balaban J connectivity index is 2.28. The molecule has 0 aliphatic rings. The van der Waals surface area contributed by atoms with Gasteiger partial charge in [0.05, 0.1) is 20.3 Å². The monoisotopic (exact) mass is 452 g/mol. The molecular weight excluding hydrogens is 412 g/mol. The van der Waals surface area contributed by atoms with Crippen LogP contribution in [0.1, 0.15) is 83.6 Å². The lowest BCUT2D eigenvalue weighted by atomic mass is 10.1. The summed E-state index contributed by atoms with van der Waals surface area (Å²) in [6, 6.07) is 1.72. The molecule has 0 unspecified atom stereocenters. The third-order valence-corrected chi connectivity index (χ3v) is 4.83. The summed E-state index contributed by atoms with van der Waals surface area (Å²) in [7, 11) is 1.47. The van der Waals surface area contributed by atoms with Crippen LogP contribution in [0.2, 0.25) is 0 Å². The number of pyridine rings is 1. The van der Waals surface area contributed by atoms with Gasteiger partial charge in [-0.15, -0.1) is 0 Å². The van der Waals surface area contributed by atoms with Gasteiger partial charge in [0.2, 0.25) is 0 Å². The van der Waals surface area contributed by atoms with Crippen LogP contribution in [0.25, 0.3) is 0 Å². The molecule has 0 aliphatic heterocycles. The summed E-state index contributed by atoms with van der Waals surface area (Å²) < 4.78 is 21.1. The van der Waals surface area contributed by atoms with Gasteiger partial charge in [0.15, 0.2) is 5.75 Å². The minimum atomic E-state index is -0.804. The number of amides is 1. The highest BCUT2D eigenvalue weighted by atomic mass is 16.6. The quantitative estimate of drug-likeness (QED) is 0.242. The predicted molar refractivity (Wildman–Crippen MR) is 123 cm³/mol. The lowest BCUT2D eigenvalue weighted by Crippen LogP contribution is -2.33. The molecule has 0 atom stereocenters. The number of methoxy groups -OCH3 is 1. The van der Waals surface area contributed by atoms with Gasteiger partial charge in [-0.3, -0.25) is 4.79 Å². The van der Waals surface area contributed by atoms with E-state index >= 15 is 0 Å². The number of carbonyl (C=O) groups excluding carboxylic acids is 2. The molecule has 0 aliphatic carbocycles. The molecule has 8 nitrogen and oxygen atoms in total. The highest BCUT2D eigenvalue weighted by molar-refractivity contribution is 5.79. The summed E-state index contributed by atoms with van der Waals surface area (Å²) in [5, 5.41) is 2.34. The lowest BCUT2D eigenvalue weighted by molar-refractivity contribution is -0.142. The molecule has 0 saturated heterocycles. The van der Waals surface area contributed by atoms with E-state index in [1.807, 2.05) is 6.92 Å². The van der Waals surface area contributed by atoms with Crippen molar-refractivity contribution in [3.05, 3.63) is 17.8 Å². The van der Waals surface area contributed by atoms with Crippen molar-refractivity contribution in [2.45, 2.75) is 84.7 Å². The van der Waals surface area contributed by atoms with E-state index in [9.17, 15) is 9.59 Å².